The number of amides is 2. The van der Waals surface area contributed by atoms with Gasteiger partial charge in [-0.2, -0.15) is 10.1 Å². The highest BCUT2D eigenvalue weighted by atomic mass is 16.5. The number of rotatable bonds is 6. The van der Waals surface area contributed by atoms with E-state index in [0.717, 1.165) is 28.8 Å². The molecular weight excluding hydrogens is 506 g/mol. The first-order valence-electron chi connectivity index (χ1n) is 13.4. The van der Waals surface area contributed by atoms with Crippen LogP contribution in [0.3, 0.4) is 0 Å². The van der Waals surface area contributed by atoms with E-state index < -0.39 is 11.8 Å². The minimum Gasteiger partial charge on any atom is -0.365 e. The van der Waals surface area contributed by atoms with Crippen LogP contribution in [-0.2, 0) is 24.9 Å². The van der Waals surface area contributed by atoms with Gasteiger partial charge in [0.25, 0.3) is 17.6 Å². The van der Waals surface area contributed by atoms with Crippen molar-refractivity contribution >= 4 is 23.3 Å². The monoisotopic (exact) mass is 541 g/mol. The summed E-state index contributed by atoms with van der Waals surface area (Å²) in [7, 11) is 0. The van der Waals surface area contributed by atoms with Crippen LogP contribution in [0.4, 0.5) is 11.5 Å². The molecule has 0 spiro atoms. The minimum atomic E-state index is -0.547. The zero-order chi connectivity index (χ0) is 28.8. The predicted molar refractivity (Wildman–Crippen MR) is 153 cm³/mol. The lowest BCUT2D eigenvalue weighted by atomic mass is 9.97. The molecule has 0 fully saturated rings. The van der Waals surface area contributed by atoms with Crippen molar-refractivity contribution in [3.63, 3.8) is 0 Å². The van der Waals surface area contributed by atoms with Gasteiger partial charge in [-0.25, -0.2) is 4.68 Å². The summed E-state index contributed by atoms with van der Waals surface area (Å²) in [5, 5.41) is 14.9. The topological polar surface area (TPSA) is 141 Å². The van der Waals surface area contributed by atoms with Gasteiger partial charge < -0.3 is 20.9 Å². The van der Waals surface area contributed by atoms with Crippen LogP contribution < -0.4 is 16.4 Å². The van der Waals surface area contributed by atoms with Crippen molar-refractivity contribution in [2.24, 2.45) is 5.73 Å². The van der Waals surface area contributed by atoms with Crippen molar-refractivity contribution in [2.75, 3.05) is 5.32 Å². The SMILES string of the molecule is Cc1cc(-c2nn3c(c2C(N)=O)Nc2ccc(C(C)C)cc2CC3)ccc1CNC(=O)c1noc(C(C)(C)C)n1. The number of nitrogens with two attached hydrogens (primary N) is 1. The van der Waals surface area contributed by atoms with E-state index in [1.165, 1.54) is 11.1 Å². The highest BCUT2D eigenvalue weighted by Gasteiger charge is 2.27. The molecule has 0 radical (unpaired) electrons. The van der Waals surface area contributed by atoms with E-state index in [-0.39, 0.29) is 17.8 Å². The van der Waals surface area contributed by atoms with Crippen LogP contribution in [-0.4, -0.2) is 31.7 Å². The molecule has 10 nitrogen and oxygen atoms in total. The molecule has 0 bridgehead atoms. The molecule has 2 aromatic carbocycles. The lowest BCUT2D eigenvalue weighted by molar-refractivity contribution is 0.0936. The largest absolute Gasteiger partial charge is 0.365 e. The van der Waals surface area contributed by atoms with Gasteiger partial charge in [-0.05, 0) is 53.6 Å². The fraction of sp³-hybridized carbons (Fsp3) is 0.367. The van der Waals surface area contributed by atoms with Gasteiger partial charge in [0.2, 0.25) is 5.89 Å². The van der Waals surface area contributed by atoms with E-state index in [1.807, 2.05) is 50.6 Å². The van der Waals surface area contributed by atoms with E-state index >= 15 is 0 Å². The number of nitrogens with zero attached hydrogens (tertiary/aromatic N) is 4. The number of nitrogens with one attached hydrogen (secondary N) is 2. The van der Waals surface area contributed by atoms with E-state index in [9.17, 15) is 9.59 Å². The Bertz CT molecular complexity index is 1610. The molecule has 0 unspecified atom stereocenters. The highest BCUT2D eigenvalue weighted by Crippen LogP contribution is 2.35. The van der Waals surface area contributed by atoms with Crippen molar-refractivity contribution in [1.29, 1.82) is 0 Å². The molecule has 2 aromatic heterocycles. The summed E-state index contributed by atoms with van der Waals surface area (Å²) >= 11 is 0. The van der Waals surface area contributed by atoms with E-state index in [1.54, 1.807) is 0 Å². The third kappa shape index (κ3) is 5.21. The first-order chi connectivity index (χ1) is 18.9. The summed E-state index contributed by atoms with van der Waals surface area (Å²) in [5.41, 5.74) is 12.4. The second-order valence-electron chi connectivity index (χ2n) is 11.6. The van der Waals surface area contributed by atoms with Gasteiger partial charge in [-0.15, -0.1) is 0 Å². The molecule has 0 saturated heterocycles. The second kappa shape index (κ2) is 10.3. The molecular formula is C30H35N7O3. The van der Waals surface area contributed by atoms with Crippen LogP contribution in [0.2, 0.25) is 0 Å². The fourth-order valence-corrected chi connectivity index (χ4v) is 4.76. The molecule has 1 aliphatic heterocycles. The summed E-state index contributed by atoms with van der Waals surface area (Å²) in [6.07, 6.45) is 0.782. The molecule has 0 aliphatic carbocycles. The average Bonchev–Trinajstić information content (AvgIpc) is 3.49. The number of aryl methyl sites for hydroxylation is 3. The maximum absolute atomic E-state index is 12.7. The Balaban J connectivity index is 1.38. The summed E-state index contributed by atoms with van der Waals surface area (Å²) in [4.78, 5) is 29.5. The normalized spacial score (nSPS) is 12.9. The van der Waals surface area contributed by atoms with Crippen LogP contribution in [0.5, 0.6) is 0 Å². The smallest absolute Gasteiger partial charge is 0.292 e. The number of fused-ring (bicyclic) bond motifs is 2. The lowest BCUT2D eigenvalue weighted by Gasteiger charge is -2.13. The molecule has 4 aromatic rings. The van der Waals surface area contributed by atoms with Crippen molar-refractivity contribution in [2.45, 2.75) is 72.4 Å². The average molecular weight is 542 g/mol. The third-order valence-corrected chi connectivity index (χ3v) is 7.17. The van der Waals surface area contributed by atoms with Gasteiger partial charge in [0.15, 0.2) is 0 Å². The van der Waals surface area contributed by atoms with Gasteiger partial charge in [0.1, 0.15) is 17.1 Å². The standard InChI is InChI=1S/C30H35N7O3/c1-16(2)18-9-10-22-19(14-18)11-12-37-27(33-22)23(25(31)38)24(35-37)20-7-8-21(17(3)13-20)15-32-28(39)26-34-29(40-36-26)30(4,5)6/h7-10,13-14,16,33H,11-12,15H2,1-6H3,(H2,31,38)(H,32,39). The van der Waals surface area contributed by atoms with Crippen molar-refractivity contribution in [3.05, 3.63) is 75.9 Å². The number of hydrogen-bond acceptors (Lipinski definition) is 7. The Morgan fingerprint density at radius 1 is 1.18 bits per heavy atom. The maximum Gasteiger partial charge on any atom is 0.292 e. The summed E-state index contributed by atoms with van der Waals surface area (Å²) in [6, 6.07) is 12.1. The zero-order valence-electron chi connectivity index (χ0n) is 23.8. The Morgan fingerprint density at radius 2 is 1.95 bits per heavy atom. The zero-order valence-corrected chi connectivity index (χ0v) is 23.8. The van der Waals surface area contributed by atoms with Crippen LogP contribution in [0.15, 0.2) is 40.9 Å². The summed E-state index contributed by atoms with van der Waals surface area (Å²) < 4.78 is 7.05. The number of benzene rings is 2. The number of carbonyl (C=O) groups excluding carboxylic acids is 2. The first kappa shape index (κ1) is 27.1. The van der Waals surface area contributed by atoms with Crippen LogP contribution in [0.1, 0.15) is 89.7 Å². The minimum absolute atomic E-state index is 0.000638. The molecule has 5 rings (SSSR count). The molecule has 208 valence electrons. The molecule has 4 N–H and O–H groups in total. The van der Waals surface area contributed by atoms with Gasteiger partial charge in [0, 0.05) is 29.8 Å². The maximum atomic E-state index is 12.7. The summed E-state index contributed by atoms with van der Waals surface area (Å²) in [5.74, 6) is 0.471. The lowest BCUT2D eigenvalue weighted by Crippen LogP contribution is -2.24. The number of hydrogen-bond donors (Lipinski definition) is 3. The van der Waals surface area contributed by atoms with Crippen molar-refractivity contribution in [3.8, 4) is 11.3 Å². The second-order valence-corrected chi connectivity index (χ2v) is 11.6. The first-order valence-corrected chi connectivity index (χ1v) is 13.4. The van der Waals surface area contributed by atoms with Gasteiger partial charge in [0.05, 0.1) is 0 Å². The van der Waals surface area contributed by atoms with E-state index in [2.05, 4.69) is 52.8 Å². The number of carbonyl (C=O) groups is 2. The quantitative estimate of drug-likeness (QED) is 0.312. The third-order valence-electron chi connectivity index (χ3n) is 7.17. The molecule has 2 amide bonds. The number of aromatic nitrogens is 4. The Labute approximate surface area is 233 Å². The van der Waals surface area contributed by atoms with Gasteiger partial charge in [-0.3, -0.25) is 9.59 Å². The van der Waals surface area contributed by atoms with Gasteiger partial charge in [-0.1, -0.05) is 64.0 Å². The molecule has 1 aliphatic rings. The van der Waals surface area contributed by atoms with E-state index in [0.29, 0.717) is 35.4 Å². The summed E-state index contributed by atoms with van der Waals surface area (Å²) in [6.45, 7) is 13.0. The Morgan fingerprint density at radius 3 is 2.60 bits per heavy atom. The van der Waals surface area contributed by atoms with Crippen LogP contribution in [0, 0.1) is 6.92 Å². The number of anilines is 2. The molecule has 10 heteroatoms. The van der Waals surface area contributed by atoms with E-state index in [4.69, 9.17) is 15.4 Å². The molecule has 3 heterocycles. The van der Waals surface area contributed by atoms with Crippen LogP contribution in [0.25, 0.3) is 11.3 Å². The molecule has 40 heavy (non-hydrogen) atoms. The predicted octanol–water partition coefficient (Wildman–Crippen LogP) is 4.99. The van der Waals surface area contributed by atoms with Gasteiger partial charge >= 0.3 is 0 Å². The van der Waals surface area contributed by atoms with Crippen molar-refractivity contribution < 1.29 is 14.1 Å². The van der Waals surface area contributed by atoms with Crippen LogP contribution >= 0.6 is 0 Å². The Hall–Kier alpha value is -4.47. The fourth-order valence-electron chi connectivity index (χ4n) is 4.76. The van der Waals surface area contributed by atoms with Crippen molar-refractivity contribution in [1.82, 2.24) is 25.2 Å². The molecule has 0 atom stereocenters. The molecule has 0 saturated carbocycles. The Kier molecular flexibility index (Phi) is 6.95. The highest BCUT2D eigenvalue weighted by molar-refractivity contribution is 6.04. The number of primary amides is 1.